The fraction of sp³-hybridized carbons (Fsp3) is 0.250. The zero-order valence-corrected chi connectivity index (χ0v) is 14.3. The third-order valence-electron chi connectivity index (χ3n) is 5.06. The van der Waals surface area contributed by atoms with Crippen molar-refractivity contribution in [3.05, 3.63) is 71.3 Å². The first-order chi connectivity index (χ1) is 12.5. The zero-order valence-electron chi connectivity index (χ0n) is 14.3. The van der Waals surface area contributed by atoms with Crippen molar-refractivity contribution >= 4 is 17.8 Å². The number of likely N-dealkylation sites (N-methyl/N-ethyl adjacent to an activating group) is 1. The maximum Gasteiger partial charge on any atom is 0.357 e. The molecule has 1 saturated carbocycles. The zero-order chi connectivity index (χ0) is 18.3. The van der Waals surface area contributed by atoms with Gasteiger partial charge in [0.1, 0.15) is 0 Å². The Balaban J connectivity index is 1.48. The van der Waals surface area contributed by atoms with Crippen molar-refractivity contribution in [1.82, 2.24) is 9.96 Å². The van der Waals surface area contributed by atoms with Crippen LogP contribution in [-0.2, 0) is 4.84 Å². The SMILES string of the molecule is CN(OC(=O)c1ccccc1)C1(CN2C(=O)c3ccccc3C2=O)CC1. The van der Waals surface area contributed by atoms with E-state index >= 15 is 0 Å². The van der Waals surface area contributed by atoms with Crippen LogP contribution in [0, 0.1) is 0 Å². The summed E-state index contributed by atoms with van der Waals surface area (Å²) in [6.07, 6.45) is 1.50. The van der Waals surface area contributed by atoms with Crippen LogP contribution in [0.3, 0.4) is 0 Å². The summed E-state index contributed by atoms with van der Waals surface area (Å²) in [4.78, 5) is 44.1. The average Bonchev–Trinajstić information content (AvgIpc) is 3.42. The minimum Gasteiger partial charge on any atom is -0.364 e. The van der Waals surface area contributed by atoms with Crippen molar-refractivity contribution in [3.8, 4) is 0 Å². The molecule has 0 saturated heterocycles. The lowest BCUT2D eigenvalue weighted by atomic mass is 10.1. The van der Waals surface area contributed by atoms with Crippen molar-refractivity contribution in [2.45, 2.75) is 18.4 Å². The van der Waals surface area contributed by atoms with Crippen molar-refractivity contribution in [1.29, 1.82) is 0 Å². The van der Waals surface area contributed by atoms with Crippen LogP contribution in [0.15, 0.2) is 54.6 Å². The van der Waals surface area contributed by atoms with Crippen molar-refractivity contribution in [3.63, 3.8) is 0 Å². The molecule has 4 rings (SSSR count). The highest BCUT2D eigenvalue weighted by Crippen LogP contribution is 2.43. The summed E-state index contributed by atoms with van der Waals surface area (Å²) >= 11 is 0. The summed E-state index contributed by atoms with van der Waals surface area (Å²) in [6, 6.07) is 15.5. The number of hydroxylamine groups is 2. The molecule has 6 nitrogen and oxygen atoms in total. The quantitative estimate of drug-likeness (QED) is 0.612. The second-order valence-corrected chi connectivity index (χ2v) is 6.71. The lowest BCUT2D eigenvalue weighted by molar-refractivity contribution is -0.130. The van der Waals surface area contributed by atoms with Crippen LogP contribution in [-0.4, -0.2) is 46.9 Å². The second-order valence-electron chi connectivity index (χ2n) is 6.71. The summed E-state index contributed by atoms with van der Waals surface area (Å²) in [5, 5.41) is 1.49. The Morgan fingerprint density at radius 3 is 2.08 bits per heavy atom. The molecular weight excluding hydrogens is 332 g/mol. The Bertz CT molecular complexity index is 855. The van der Waals surface area contributed by atoms with E-state index < -0.39 is 11.5 Å². The van der Waals surface area contributed by atoms with Crippen LogP contribution in [0.25, 0.3) is 0 Å². The molecule has 1 aliphatic heterocycles. The summed E-state index contributed by atoms with van der Waals surface area (Å²) < 4.78 is 0. The highest BCUT2D eigenvalue weighted by Gasteiger charge is 2.53. The second kappa shape index (κ2) is 6.07. The lowest BCUT2D eigenvalue weighted by Gasteiger charge is -2.29. The highest BCUT2D eigenvalue weighted by atomic mass is 16.7. The molecule has 0 radical (unpaired) electrons. The molecule has 1 fully saturated rings. The van der Waals surface area contributed by atoms with Crippen molar-refractivity contribution in [2.24, 2.45) is 0 Å². The lowest BCUT2D eigenvalue weighted by Crippen LogP contribution is -2.47. The van der Waals surface area contributed by atoms with Gasteiger partial charge >= 0.3 is 5.97 Å². The number of rotatable bonds is 5. The van der Waals surface area contributed by atoms with E-state index in [1.165, 1.54) is 9.96 Å². The van der Waals surface area contributed by atoms with Crippen LogP contribution in [0.5, 0.6) is 0 Å². The molecule has 0 atom stereocenters. The van der Waals surface area contributed by atoms with Crippen LogP contribution >= 0.6 is 0 Å². The van der Waals surface area contributed by atoms with Gasteiger partial charge in [0.05, 0.1) is 28.8 Å². The number of carbonyl (C=O) groups is 3. The molecular formula is C20H18N2O4. The predicted octanol–water partition coefficient (Wildman–Crippen LogP) is 2.52. The van der Waals surface area contributed by atoms with Gasteiger partial charge in [0, 0.05) is 7.05 Å². The molecule has 2 aliphatic rings. The Kier molecular flexibility index (Phi) is 3.85. The number of hydrogen-bond donors (Lipinski definition) is 0. The van der Waals surface area contributed by atoms with E-state index in [9.17, 15) is 14.4 Å². The first-order valence-electron chi connectivity index (χ1n) is 8.48. The van der Waals surface area contributed by atoms with E-state index in [1.54, 1.807) is 55.6 Å². The van der Waals surface area contributed by atoms with Gasteiger partial charge in [-0.3, -0.25) is 14.5 Å². The number of nitrogens with zero attached hydrogens (tertiary/aromatic N) is 2. The maximum atomic E-state index is 12.6. The van der Waals surface area contributed by atoms with Gasteiger partial charge < -0.3 is 4.84 Å². The first-order valence-corrected chi connectivity index (χ1v) is 8.48. The minimum atomic E-state index is -0.516. The predicted molar refractivity (Wildman–Crippen MR) is 93.4 cm³/mol. The molecule has 0 unspecified atom stereocenters. The fourth-order valence-electron chi connectivity index (χ4n) is 3.24. The van der Waals surface area contributed by atoms with E-state index in [0.717, 1.165) is 12.8 Å². The summed E-state index contributed by atoms with van der Waals surface area (Å²) in [7, 11) is 1.67. The molecule has 26 heavy (non-hydrogen) atoms. The normalized spacial score (nSPS) is 17.4. The Hall–Kier alpha value is -2.99. The molecule has 0 aromatic heterocycles. The van der Waals surface area contributed by atoms with Crippen LogP contribution < -0.4 is 0 Å². The van der Waals surface area contributed by atoms with Crippen LogP contribution in [0.2, 0.25) is 0 Å². The number of carbonyl (C=O) groups excluding carboxylic acids is 3. The van der Waals surface area contributed by atoms with Crippen LogP contribution in [0.1, 0.15) is 43.9 Å². The molecule has 0 bridgehead atoms. The van der Waals surface area contributed by atoms with Gasteiger partial charge in [-0.05, 0) is 37.1 Å². The smallest absolute Gasteiger partial charge is 0.357 e. The highest BCUT2D eigenvalue weighted by molar-refractivity contribution is 6.21. The van der Waals surface area contributed by atoms with Crippen LogP contribution in [0.4, 0.5) is 0 Å². The average molecular weight is 350 g/mol. The van der Waals surface area contributed by atoms with Gasteiger partial charge in [0.15, 0.2) is 0 Å². The molecule has 1 aliphatic carbocycles. The van der Waals surface area contributed by atoms with Gasteiger partial charge in [0.25, 0.3) is 11.8 Å². The van der Waals surface area contributed by atoms with Crippen molar-refractivity contribution < 1.29 is 19.2 Å². The number of imide groups is 1. The van der Waals surface area contributed by atoms with E-state index in [1.807, 2.05) is 6.07 Å². The number of amides is 2. The van der Waals surface area contributed by atoms with Crippen molar-refractivity contribution in [2.75, 3.05) is 13.6 Å². The Labute approximate surface area is 150 Å². The third-order valence-corrected chi connectivity index (χ3v) is 5.06. The largest absolute Gasteiger partial charge is 0.364 e. The third kappa shape index (κ3) is 2.68. The summed E-state index contributed by atoms with van der Waals surface area (Å²) in [6.45, 7) is 0.206. The monoisotopic (exact) mass is 350 g/mol. The van der Waals surface area contributed by atoms with Gasteiger partial charge in [-0.1, -0.05) is 30.3 Å². The molecule has 1 heterocycles. The minimum absolute atomic E-state index is 0.206. The molecule has 0 N–H and O–H groups in total. The van der Waals surface area contributed by atoms with E-state index in [2.05, 4.69) is 0 Å². The van der Waals surface area contributed by atoms with E-state index in [-0.39, 0.29) is 18.4 Å². The molecule has 0 spiro atoms. The molecule has 6 heteroatoms. The van der Waals surface area contributed by atoms with Gasteiger partial charge in [0.2, 0.25) is 0 Å². The number of hydrogen-bond acceptors (Lipinski definition) is 5. The van der Waals surface area contributed by atoms with Gasteiger partial charge in [-0.15, -0.1) is 5.06 Å². The van der Waals surface area contributed by atoms with E-state index in [4.69, 9.17) is 4.84 Å². The Morgan fingerprint density at radius 1 is 1.00 bits per heavy atom. The number of benzene rings is 2. The molecule has 2 amide bonds. The summed E-state index contributed by atoms with van der Waals surface area (Å²) in [5.74, 6) is -1.04. The van der Waals surface area contributed by atoms with Gasteiger partial charge in [-0.25, -0.2) is 4.79 Å². The Morgan fingerprint density at radius 2 is 1.54 bits per heavy atom. The standard InChI is InChI=1S/C20H18N2O4/c1-21(26-19(25)14-7-3-2-4-8-14)20(11-12-20)13-22-17(23)15-9-5-6-10-16(15)18(22)24/h2-10H,11-13H2,1H3. The fourth-order valence-corrected chi connectivity index (χ4v) is 3.24. The topological polar surface area (TPSA) is 66.9 Å². The first kappa shape index (κ1) is 16.5. The van der Waals surface area contributed by atoms with Gasteiger partial charge in [-0.2, -0.15) is 0 Å². The molecule has 132 valence electrons. The molecule has 2 aromatic carbocycles. The molecule has 2 aromatic rings. The number of fused-ring (bicyclic) bond motifs is 1. The maximum absolute atomic E-state index is 12.6. The van der Waals surface area contributed by atoms with E-state index in [0.29, 0.717) is 16.7 Å². The summed E-state index contributed by atoms with van der Waals surface area (Å²) in [5.41, 5.74) is 0.794.